The van der Waals surface area contributed by atoms with Crippen molar-refractivity contribution in [3.63, 3.8) is 0 Å². The van der Waals surface area contributed by atoms with Crippen LogP contribution in [0.25, 0.3) is 32.3 Å². The minimum absolute atomic E-state index is 1.05. The first-order valence-corrected chi connectivity index (χ1v) is 24.3. The summed E-state index contributed by atoms with van der Waals surface area (Å²) < 4.78 is 0. The van der Waals surface area contributed by atoms with E-state index in [0.717, 1.165) is 89.8 Å². The van der Waals surface area contributed by atoms with Crippen molar-refractivity contribution in [1.29, 1.82) is 0 Å². The normalized spacial score (nSPS) is 11.2. The fourth-order valence-corrected chi connectivity index (χ4v) is 10.1. The molecule has 0 unspecified atom stereocenters. The second kappa shape index (κ2) is 19.0. The number of aryl methyl sites for hydroxylation is 1. The molecule has 0 aliphatic carbocycles. The zero-order valence-electron chi connectivity index (χ0n) is 39.4. The summed E-state index contributed by atoms with van der Waals surface area (Å²) in [6, 6.07) is 103. The lowest BCUT2D eigenvalue weighted by atomic mass is 9.93. The van der Waals surface area contributed by atoms with E-state index in [1.54, 1.807) is 0 Å². The van der Waals surface area contributed by atoms with Gasteiger partial charge in [-0.25, -0.2) is 0 Å². The van der Waals surface area contributed by atoms with E-state index in [-0.39, 0.29) is 0 Å². The van der Waals surface area contributed by atoms with Crippen molar-refractivity contribution >= 4 is 101 Å². The monoisotopic (exact) mass is 910 g/mol. The van der Waals surface area contributed by atoms with Crippen molar-refractivity contribution in [2.45, 2.75) is 6.92 Å². The highest BCUT2D eigenvalue weighted by molar-refractivity contribution is 6.24. The Morgan fingerprint density at radius 2 is 0.479 bits per heavy atom. The average Bonchev–Trinajstić information content (AvgIpc) is 3.44. The molecule has 338 valence electrons. The predicted octanol–water partition coefficient (Wildman–Crippen LogP) is 19.3. The van der Waals surface area contributed by atoms with Gasteiger partial charge in [-0.15, -0.1) is 0 Å². The second-order valence-corrected chi connectivity index (χ2v) is 17.9. The summed E-state index contributed by atoms with van der Waals surface area (Å²) in [7, 11) is 0. The molecule has 0 aliphatic heterocycles. The zero-order valence-corrected chi connectivity index (χ0v) is 39.4. The van der Waals surface area contributed by atoms with Crippen molar-refractivity contribution in [2.75, 3.05) is 19.6 Å². The number of nitrogens with zero attached hydrogens (tertiary/aromatic N) is 4. The third kappa shape index (κ3) is 8.28. The molecule has 0 aromatic heterocycles. The topological polar surface area (TPSA) is 13.0 Å². The standard InChI is InChI=1S/C67H50N4/c1-49-36-39-58(40-37-49)70(56-32-16-6-17-33-56)66-62-44-42-61(69(54-28-12-4-13-29-54)55-30-14-5-15-31-55)48-65(62)67(71(57-34-18-7-19-35-57)59-41-38-50-22-20-21-23-51(50)46-59)63-45-43-60(47-64(63)66)68(52-24-8-2-9-25-52)53-26-10-3-11-27-53/h2-48H,1H3. The number of benzene rings is 12. The molecule has 0 bridgehead atoms. The van der Waals surface area contributed by atoms with Crippen LogP contribution in [0.4, 0.5) is 68.2 Å². The van der Waals surface area contributed by atoms with Crippen LogP contribution in [0.5, 0.6) is 0 Å². The van der Waals surface area contributed by atoms with E-state index in [1.165, 1.54) is 16.3 Å². The molecule has 0 saturated carbocycles. The summed E-state index contributed by atoms with van der Waals surface area (Å²) in [5.41, 5.74) is 14.0. The van der Waals surface area contributed by atoms with Gasteiger partial charge in [-0.1, -0.05) is 169 Å². The van der Waals surface area contributed by atoms with Crippen molar-refractivity contribution in [2.24, 2.45) is 0 Å². The number of hydrogen-bond donors (Lipinski definition) is 0. The summed E-state index contributed by atoms with van der Waals surface area (Å²) in [5.74, 6) is 0. The Kier molecular flexibility index (Phi) is 11.5. The van der Waals surface area contributed by atoms with Gasteiger partial charge in [0.2, 0.25) is 0 Å². The molecule has 0 saturated heterocycles. The van der Waals surface area contributed by atoms with Crippen LogP contribution in [0.15, 0.2) is 285 Å². The maximum Gasteiger partial charge on any atom is 0.0620 e. The Balaban J connectivity index is 1.26. The Morgan fingerprint density at radius 1 is 0.197 bits per heavy atom. The predicted molar refractivity (Wildman–Crippen MR) is 302 cm³/mol. The molecule has 0 N–H and O–H groups in total. The van der Waals surface area contributed by atoms with E-state index in [2.05, 4.69) is 312 Å². The lowest BCUT2D eigenvalue weighted by Gasteiger charge is -2.34. The smallest absolute Gasteiger partial charge is 0.0620 e. The lowest BCUT2D eigenvalue weighted by molar-refractivity contribution is 1.27. The lowest BCUT2D eigenvalue weighted by Crippen LogP contribution is -2.16. The fraction of sp³-hybridized carbons (Fsp3) is 0.0149. The van der Waals surface area contributed by atoms with Gasteiger partial charge in [-0.3, -0.25) is 0 Å². The molecule has 0 radical (unpaired) electrons. The Bertz CT molecular complexity index is 3680. The molecule has 12 rings (SSSR count). The van der Waals surface area contributed by atoms with E-state index >= 15 is 0 Å². The van der Waals surface area contributed by atoms with Gasteiger partial charge >= 0.3 is 0 Å². The first-order valence-electron chi connectivity index (χ1n) is 24.3. The zero-order chi connectivity index (χ0) is 47.5. The molecule has 0 fully saturated rings. The van der Waals surface area contributed by atoms with Gasteiger partial charge in [-0.2, -0.15) is 0 Å². The number of para-hydroxylation sites is 6. The van der Waals surface area contributed by atoms with Crippen LogP contribution in [-0.2, 0) is 0 Å². The molecular formula is C67H50N4. The Hall–Kier alpha value is -9.38. The maximum atomic E-state index is 2.48. The molecule has 0 spiro atoms. The van der Waals surface area contributed by atoms with Gasteiger partial charge in [0.25, 0.3) is 0 Å². The van der Waals surface area contributed by atoms with Gasteiger partial charge in [0, 0.05) is 78.4 Å². The minimum Gasteiger partial charge on any atom is -0.310 e. The quantitative estimate of drug-likeness (QED) is 0.0894. The van der Waals surface area contributed by atoms with Crippen LogP contribution in [-0.4, -0.2) is 0 Å². The van der Waals surface area contributed by atoms with Gasteiger partial charge in [0.15, 0.2) is 0 Å². The van der Waals surface area contributed by atoms with Crippen LogP contribution < -0.4 is 19.6 Å². The molecule has 0 aliphatic rings. The van der Waals surface area contributed by atoms with Crippen molar-refractivity contribution in [3.8, 4) is 0 Å². The van der Waals surface area contributed by atoms with Crippen molar-refractivity contribution in [3.05, 3.63) is 291 Å². The number of fused-ring (bicyclic) bond motifs is 3. The summed E-state index contributed by atoms with van der Waals surface area (Å²) in [6.45, 7) is 2.15. The van der Waals surface area contributed by atoms with E-state index in [4.69, 9.17) is 0 Å². The van der Waals surface area contributed by atoms with Crippen LogP contribution in [0.2, 0.25) is 0 Å². The molecule has 71 heavy (non-hydrogen) atoms. The summed E-state index contributed by atoms with van der Waals surface area (Å²) in [6.07, 6.45) is 0. The van der Waals surface area contributed by atoms with Crippen LogP contribution in [0.1, 0.15) is 5.56 Å². The Labute approximate surface area is 415 Å². The molecule has 0 amide bonds. The van der Waals surface area contributed by atoms with Crippen LogP contribution in [0.3, 0.4) is 0 Å². The number of anilines is 12. The first kappa shape index (κ1) is 42.9. The summed E-state index contributed by atoms with van der Waals surface area (Å²) in [4.78, 5) is 9.67. The van der Waals surface area contributed by atoms with E-state index in [0.29, 0.717) is 0 Å². The third-order valence-corrected chi connectivity index (χ3v) is 13.4. The molecule has 0 heterocycles. The SMILES string of the molecule is Cc1ccc(N(c2ccccc2)c2c3ccc(N(c4ccccc4)c4ccccc4)cc3c(N(c3ccccc3)c3ccc4ccccc4c3)c3ccc(N(c4ccccc4)c4ccccc4)cc23)cc1. The molecule has 0 atom stereocenters. The fourth-order valence-electron chi connectivity index (χ4n) is 10.1. The van der Waals surface area contributed by atoms with Crippen molar-refractivity contribution < 1.29 is 0 Å². The first-order chi connectivity index (χ1) is 35.2. The second-order valence-electron chi connectivity index (χ2n) is 17.9. The summed E-state index contributed by atoms with van der Waals surface area (Å²) >= 11 is 0. The molecule has 4 nitrogen and oxygen atoms in total. The average molecular weight is 911 g/mol. The third-order valence-electron chi connectivity index (χ3n) is 13.4. The van der Waals surface area contributed by atoms with Crippen molar-refractivity contribution in [1.82, 2.24) is 0 Å². The van der Waals surface area contributed by atoms with E-state index in [1.807, 2.05) is 0 Å². The number of hydrogen-bond acceptors (Lipinski definition) is 4. The summed E-state index contributed by atoms with van der Waals surface area (Å²) in [5, 5.41) is 6.78. The van der Waals surface area contributed by atoms with E-state index in [9.17, 15) is 0 Å². The highest BCUT2D eigenvalue weighted by Crippen LogP contribution is 2.54. The highest BCUT2D eigenvalue weighted by atomic mass is 15.2. The Morgan fingerprint density at radius 3 is 0.873 bits per heavy atom. The molecule has 12 aromatic carbocycles. The van der Waals surface area contributed by atoms with Gasteiger partial charge in [0.1, 0.15) is 0 Å². The maximum absolute atomic E-state index is 2.48. The van der Waals surface area contributed by atoms with Crippen LogP contribution in [0, 0.1) is 6.92 Å². The minimum atomic E-state index is 1.05. The van der Waals surface area contributed by atoms with Crippen LogP contribution >= 0.6 is 0 Å². The molecule has 12 aromatic rings. The molecular weight excluding hydrogens is 861 g/mol. The number of rotatable bonds is 12. The van der Waals surface area contributed by atoms with Gasteiger partial charge < -0.3 is 19.6 Å². The highest BCUT2D eigenvalue weighted by Gasteiger charge is 2.28. The largest absolute Gasteiger partial charge is 0.310 e. The molecule has 4 heteroatoms. The van der Waals surface area contributed by atoms with E-state index < -0.39 is 0 Å². The van der Waals surface area contributed by atoms with Gasteiger partial charge in [-0.05, 0) is 139 Å². The van der Waals surface area contributed by atoms with Gasteiger partial charge in [0.05, 0.1) is 11.4 Å².